The van der Waals surface area contributed by atoms with Crippen molar-refractivity contribution in [1.82, 2.24) is 4.90 Å². The molecular formula is C13H20N2O. The molecular weight excluding hydrogens is 200 g/mol. The molecule has 1 aromatic carbocycles. The lowest BCUT2D eigenvalue weighted by molar-refractivity contribution is -0.118. The third-order valence-electron chi connectivity index (χ3n) is 2.58. The number of carbonyl (C=O) groups is 1. The normalized spacial score (nSPS) is 11.6. The number of anilines is 1. The van der Waals surface area contributed by atoms with Crippen LogP contribution in [-0.4, -0.2) is 29.9 Å². The van der Waals surface area contributed by atoms with Gasteiger partial charge in [0.15, 0.2) is 0 Å². The highest BCUT2D eigenvalue weighted by atomic mass is 16.2. The van der Waals surface area contributed by atoms with E-state index in [9.17, 15) is 4.79 Å². The van der Waals surface area contributed by atoms with Crippen LogP contribution in [0, 0.1) is 0 Å². The van der Waals surface area contributed by atoms with E-state index in [1.54, 1.807) is 0 Å². The average molecular weight is 220 g/mol. The van der Waals surface area contributed by atoms with Gasteiger partial charge in [0.05, 0.1) is 6.54 Å². The molecule has 0 aliphatic heterocycles. The van der Waals surface area contributed by atoms with Gasteiger partial charge in [-0.25, -0.2) is 0 Å². The molecule has 0 unspecified atom stereocenters. The minimum Gasteiger partial charge on any atom is -0.325 e. The predicted molar refractivity (Wildman–Crippen MR) is 67.5 cm³/mol. The minimum absolute atomic E-state index is 0.00796. The van der Waals surface area contributed by atoms with Crippen LogP contribution in [-0.2, 0) is 4.79 Å². The van der Waals surface area contributed by atoms with Crippen molar-refractivity contribution in [3.05, 3.63) is 30.3 Å². The second-order valence-electron chi connectivity index (χ2n) is 4.94. The van der Waals surface area contributed by atoms with Crippen molar-refractivity contribution in [2.45, 2.75) is 26.3 Å². The molecule has 0 aliphatic carbocycles. The fourth-order valence-electron chi connectivity index (χ4n) is 1.17. The van der Waals surface area contributed by atoms with Gasteiger partial charge in [-0.1, -0.05) is 18.2 Å². The van der Waals surface area contributed by atoms with Gasteiger partial charge in [0.1, 0.15) is 0 Å². The zero-order valence-corrected chi connectivity index (χ0v) is 10.4. The van der Waals surface area contributed by atoms with E-state index in [0.29, 0.717) is 6.54 Å². The summed E-state index contributed by atoms with van der Waals surface area (Å²) in [7, 11) is 1.95. The Labute approximate surface area is 97.5 Å². The molecule has 0 fully saturated rings. The molecule has 0 radical (unpaired) electrons. The molecule has 1 rings (SSSR count). The molecule has 3 heteroatoms. The Hall–Kier alpha value is -1.35. The Bertz CT molecular complexity index is 341. The van der Waals surface area contributed by atoms with Crippen molar-refractivity contribution < 1.29 is 4.79 Å². The van der Waals surface area contributed by atoms with Crippen LogP contribution in [0.25, 0.3) is 0 Å². The van der Waals surface area contributed by atoms with Crippen molar-refractivity contribution in [3.8, 4) is 0 Å². The van der Waals surface area contributed by atoms with Crippen molar-refractivity contribution in [1.29, 1.82) is 0 Å². The van der Waals surface area contributed by atoms with E-state index in [1.807, 2.05) is 42.3 Å². The van der Waals surface area contributed by atoms with Crippen LogP contribution in [0.5, 0.6) is 0 Å². The number of para-hydroxylation sites is 1. The van der Waals surface area contributed by atoms with Gasteiger partial charge in [-0.2, -0.15) is 0 Å². The molecule has 3 nitrogen and oxygen atoms in total. The number of amides is 1. The second-order valence-corrected chi connectivity index (χ2v) is 4.94. The van der Waals surface area contributed by atoms with Gasteiger partial charge < -0.3 is 5.32 Å². The first-order chi connectivity index (χ1) is 7.39. The van der Waals surface area contributed by atoms with Crippen LogP contribution in [0.1, 0.15) is 20.8 Å². The summed E-state index contributed by atoms with van der Waals surface area (Å²) in [5.74, 6) is 0.0172. The predicted octanol–water partition coefficient (Wildman–Crippen LogP) is 2.36. The molecule has 1 amide bonds. The number of nitrogens with zero attached hydrogens (tertiary/aromatic N) is 1. The number of benzene rings is 1. The van der Waals surface area contributed by atoms with Crippen LogP contribution in [0.3, 0.4) is 0 Å². The number of likely N-dealkylation sites (N-methyl/N-ethyl adjacent to an activating group) is 1. The van der Waals surface area contributed by atoms with Crippen LogP contribution in [0.4, 0.5) is 5.69 Å². The molecule has 0 saturated carbocycles. The zero-order valence-electron chi connectivity index (χ0n) is 10.4. The zero-order chi connectivity index (χ0) is 12.2. The first-order valence-corrected chi connectivity index (χ1v) is 5.46. The Morgan fingerprint density at radius 3 is 2.31 bits per heavy atom. The standard InChI is InChI=1S/C13H20N2O/c1-13(2,3)15(4)10-12(16)14-11-8-6-5-7-9-11/h5-9H,10H2,1-4H3,(H,14,16). The molecule has 0 spiro atoms. The summed E-state index contributed by atoms with van der Waals surface area (Å²) in [5, 5.41) is 2.86. The summed E-state index contributed by atoms with van der Waals surface area (Å²) in [6, 6.07) is 9.51. The minimum atomic E-state index is 0.00796. The second kappa shape index (κ2) is 5.12. The van der Waals surface area contributed by atoms with Crippen molar-refractivity contribution >= 4 is 11.6 Å². The lowest BCUT2D eigenvalue weighted by atomic mass is 10.1. The third kappa shape index (κ3) is 4.03. The summed E-state index contributed by atoms with van der Waals surface area (Å²) in [6.45, 7) is 6.66. The molecule has 0 aliphatic rings. The molecule has 0 atom stereocenters. The molecule has 0 bridgehead atoms. The van der Waals surface area contributed by atoms with Gasteiger partial charge in [0, 0.05) is 11.2 Å². The first-order valence-electron chi connectivity index (χ1n) is 5.46. The van der Waals surface area contributed by atoms with Gasteiger partial charge >= 0.3 is 0 Å². The lowest BCUT2D eigenvalue weighted by Crippen LogP contribution is -2.42. The Balaban J connectivity index is 2.49. The smallest absolute Gasteiger partial charge is 0.238 e. The summed E-state index contributed by atoms with van der Waals surface area (Å²) in [4.78, 5) is 13.7. The van der Waals surface area contributed by atoms with Crippen molar-refractivity contribution in [3.63, 3.8) is 0 Å². The SMILES string of the molecule is CN(CC(=O)Nc1ccccc1)C(C)(C)C. The third-order valence-corrected chi connectivity index (χ3v) is 2.58. The highest BCUT2D eigenvalue weighted by Gasteiger charge is 2.19. The van der Waals surface area contributed by atoms with Crippen LogP contribution in [0.15, 0.2) is 30.3 Å². The highest BCUT2D eigenvalue weighted by Crippen LogP contribution is 2.10. The Kier molecular flexibility index (Phi) is 4.07. The highest BCUT2D eigenvalue weighted by molar-refractivity contribution is 5.92. The van der Waals surface area contributed by atoms with Gasteiger partial charge in [-0.15, -0.1) is 0 Å². The summed E-state index contributed by atoms with van der Waals surface area (Å²) < 4.78 is 0. The monoisotopic (exact) mass is 220 g/mol. The molecule has 0 aromatic heterocycles. The number of nitrogens with one attached hydrogen (secondary N) is 1. The quantitative estimate of drug-likeness (QED) is 0.848. The van der Waals surface area contributed by atoms with E-state index in [4.69, 9.17) is 0 Å². The molecule has 88 valence electrons. The van der Waals surface area contributed by atoms with Crippen molar-refractivity contribution in [2.75, 3.05) is 18.9 Å². The van der Waals surface area contributed by atoms with Crippen molar-refractivity contribution in [2.24, 2.45) is 0 Å². The van der Waals surface area contributed by atoms with Crippen LogP contribution < -0.4 is 5.32 Å². The van der Waals surface area contributed by atoms with E-state index < -0.39 is 0 Å². The molecule has 1 aromatic rings. The number of carbonyl (C=O) groups excluding carboxylic acids is 1. The summed E-state index contributed by atoms with van der Waals surface area (Å²) >= 11 is 0. The van der Waals surface area contributed by atoms with E-state index in [1.165, 1.54) is 0 Å². The Morgan fingerprint density at radius 1 is 1.25 bits per heavy atom. The number of hydrogen-bond donors (Lipinski definition) is 1. The maximum absolute atomic E-state index is 11.7. The summed E-state index contributed by atoms with van der Waals surface area (Å²) in [6.07, 6.45) is 0. The van der Waals surface area contributed by atoms with E-state index in [-0.39, 0.29) is 11.4 Å². The molecule has 0 heterocycles. The largest absolute Gasteiger partial charge is 0.325 e. The van der Waals surface area contributed by atoms with Gasteiger partial charge in [0.2, 0.25) is 5.91 Å². The Morgan fingerprint density at radius 2 is 1.81 bits per heavy atom. The first kappa shape index (κ1) is 12.7. The molecule has 1 N–H and O–H groups in total. The van der Waals surface area contributed by atoms with E-state index in [0.717, 1.165) is 5.69 Å². The fourth-order valence-corrected chi connectivity index (χ4v) is 1.17. The van der Waals surface area contributed by atoms with Crippen LogP contribution >= 0.6 is 0 Å². The van der Waals surface area contributed by atoms with E-state index >= 15 is 0 Å². The molecule has 16 heavy (non-hydrogen) atoms. The number of rotatable bonds is 3. The van der Waals surface area contributed by atoms with Gasteiger partial charge in [0.25, 0.3) is 0 Å². The number of hydrogen-bond acceptors (Lipinski definition) is 2. The van der Waals surface area contributed by atoms with E-state index in [2.05, 4.69) is 26.1 Å². The maximum Gasteiger partial charge on any atom is 0.238 e. The lowest BCUT2D eigenvalue weighted by Gasteiger charge is -2.31. The van der Waals surface area contributed by atoms with Gasteiger partial charge in [-0.05, 0) is 40.0 Å². The van der Waals surface area contributed by atoms with Crippen LogP contribution in [0.2, 0.25) is 0 Å². The maximum atomic E-state index is 11.7. The molecule has 0 saturated heterocycles. The van der Waals surface area contributed by atoms with Gasteiger partial charge in [-0.3, -0.25) is 9.69 Å². The fraction of sp³-hybridized carbons (Fsp3) is 0.462. The average Bonchev–Trinajstić information content (AvgIpc) is 2.17. The topological polar surface area (TPSA) is 32.3 Å². The summed E-state index contributed by atoms with van der Waals surface area (Å²) in [5.41, 5.74) is 0.850.